The minimum atomic E-state index is 0.798. The highest BCUT2D eigenvalue weighted by Crippen LogP contribution is 2.33. The van der Waals surface area contributed by atoms with E-state index in [1.54, 1.807) is 7.11 Å². The first-order valence-corrected chi connectivity index (χ1v) is 8.89. The lowest BCUT2D eigenvalue weighted by molar-refractivity contribution is 0.416. The molecule has 0 saturated heterocycles. The molecule has 0 aliphatic rings. The van der Waals surface area contributed by atoms with Crippen LogP contribution >= 0.6 is 0 Å². The van der Waals surface area contributed by atoms with Crippen molar-refractivity contribution in [1.82, 2.24) is 14.6 Å². The Morgan fingerprint density at radius 1 is 0.926 bits per heavy atom. The Morgan fingerprint density at radius 2 is 1.67 bits per heavy atom. The molecule has 1 N–H and O–H groups in total. The maximum Gasteiger partial charge on any atom is 0.165 e. The lowest BCUT2D eigenvalue weighted by atomic mass is 10.1. The van der Waals surface area contributed by atoms with Crippen molar-refractivity contribution in [1.29, 1.82) is 0 Å². The third kappa shape index (κ3) is 3.24. The Bertz CT molecular complexity index is 1110. The molecule has 136 valence electrons. The van der Waals surface area contributed by atoms with Crippen LogP contribution in [0.25, 0.3) is 16.8 Å². The van der Waals surface area contributed by atoms with E-state index in [0.717, 1.165) is 39.7 Å². The zero-order valence-corrected chi connectivity index (χ0v) is 15.9. The van der Waals surface area contributed by atoms with Crippen LogP contribution in [0.3, 0.4) is 0 Å². The van der Waals surface area contributed by atoms with Crippen LogP contribution in [-0.2, 0) is 0 Å². The first-order chi connectivity index (χ1) is 13.0. The van der Waals surface area contributed by atoms with Crippen molar-refractivity contribution >= 4 is 17.2 Å². The topological polar surface area (TPSA) is 51.5 Å². The van der Waals surface area contributed by atoms with Gasteiger partial charge in [-0.15, -0.1) is 0 Å². The molecular weight excluding hydrogens is 336 g/mol. The Labute approximate surface area is 158 Å². The number of rotatable bonds is 4. The molecular formula is C22H22N4O. The van der Waals surface area contributed by atoms with E-state index in [1.807, 2.05) is 48.0 Å². The summed E-state index contributed by atoms with van der Waals surface area (Å²) in [6.45, 7) is 6.18. The van der Waals surface area contributed by atoms with E-state index >= 15 is 0 Å². The summed E-state index contributed by atoms with van der Waals surface area (Å²) < 4.78 is 7.36. The first kappa shape index (κ1) is 17.1. The second-order valence-corrected chi connectivity index (χ2v) is 6.78. The molecule has 0 atom stereocenters. The highest BCUT2D eigenvalue weighted by atomic mass is 16.5. The summed E-state index contributed by atoms with van der Waals surface area (Å²) in [4.78, 5) is 4.73. The Hall–Kier alpha value is -3.34. The summed E-state index contributed by atoms with van der Waals surface area (Å²) in [6, 6.07) is 16.3. The predicted octanol–water partition coefficient (Wildman–Crippen LogP) is 5.07. The number of anilines is 2. The van der Waals surface area contributed by atoms with E-state index in [4.69, 9.17) is 9.72 Å². The summed E-state index contributed by atoms with van der Waals surface area (Å²) in [7, 11) is 1.68. The quantitative estimate of drug-likeness (QED) is 0.553. The van der Waals surface area contributed by atoms with Crippen LogP contribution in [0.1, 0.15) is 16.8 Å². The highest BCUT2D eigenvalue weighted by molar-refractivity contribution is 5.82. The van der Waals surface area contributed by atoms with Gasteiger partial charge in [0.15, 0.2) is 5.65 Å². The van der Waals surface area contributed by atoms with Gasteiger partial charge in [-0.2, -0.15) is 9.61 Å². The van der Waals surface area contributed by atoms with Crippen molar-refractivity contribution in [3.63, 3.8) is 0 Å². The van der Waals surface area contributed by atoms with Gasteiger partial charge in [-0.05, 0) is 50.1 Å². The second-order valence-electron chi connectivity index (χ2n) is 6.78. The van der Waals surface area contributed by atoms with Gasteiger partial charge in [-0.25, -0.2) is 4.98 Å². The number of hydrogen-bond acceptors (Lipinski definition) is 4. The standard InChI is InChI=1S/C22H22N4O/c1-14-9-15(2)11-17(10-14)25-21-12-16(3)24-22-19(13-23-26(21)22)18-7-5-6-8-20(18)27-4/h5-13,25H,1-4H3. The molecule has 4 aromatic rings. The van der Waals surface area contributed by atoms with Crippen molar-refractivity contribution in [2.24, 2.45) is 0 Å². The number of nitrogens with zero attached hydrogens (tertiary/aromatic N) is 3. The average Bonchev–Trinajstić information content (AvgIpc) is 3.04. The Morgan fingerprint density at radius 3 is 2.41 bits per heavy atom. The fourth-order valence-electron chi connectivity index (χ4n) is 3.43. The molecule has 0 aliphatic heterocycles. The molecule has 2 heterocycles. The molecule has 0 bridgehead atoms. The molecule has 0 spiro atoms. The summed E-state index contributed by atoms with van der Waals surface area (Å²) in [5, 5.41) is 8.08. The maximum absolute atomic E-state index is 5.52. The zero-order valence-electron chi connectivity index (χ0n) is 15.9. The summed E-state index contributed by atoms with van der Waals surface area (Å²) in [5.41, 5.74) is 7.11. The molecule has 2 aromatic heterocycles. The summed E-state index contributed by atoms with van der Waals surface area (Å²) in [5.74, 6) is 1.68. The molecule has 0 aliphatic carbocycles. The lowest BCUT2D eigenvalue weighted by Gasteiger charge is -2.12. The van der Waals surface area contributed by atoms with Gasteiger partial charge in [0, 0.05) is 23.0 Å². The van der Waals surface area contributed by atoms with Gasteiger partial charge in [-0.1, -0.05) is 24.3 Å². The number of hydrogen-bond donors (Lipinski definition) is 1. The molecule has 0 unspecified atom stereocenters. The van der Waals surface area contributed by atoms with E-state index in [1.165, 1.54) is 11.1 Å². The van der Waals surface area contributed by atoms with Gasteiger partial charge in [0.1, 0.15) is 11.6 Å². The number of fused-ring (bicyclic) bond motifs is 1. The number of ether oxygens (including phenoxy) is 1. The van der Waals surface area contributed by atoms with Gasteiger partial charge >= 0.3 is 0 Å². The van der Waals surface area contributed by atoms with E-state index < -0.39 is 0 Å². The molecule has 5 nitrogen and oxygen atoms in total. The molecule has 4 rings (SSSR count). The third-order valence-electron chi connectivity index (χ3n) is 4.49. The smallest absolute Gasteiger partial charge is 0.165 e. The van der Waals surface area contributed by atoms with Crippen molar-refractivity contribution in [3.8, 4) is 16.9 Å². The van der Waals surface area contributed by atoms with Gasteiger partial charge in [0.2, 0.25) is 0 Å². The van der Waals surface area contributed by atoms with Crippen molar-refractivity contribution in [2.45, 2.75) is 20.8 Å². The van der Waals surface area contributed by atoms with Gasteiger partial charge in [0.25, 0.3) is 0 Å². The van der Waals surface area contributed by atoms with E-state index in [9.17, 15) is 0 Å². The van der Waals surface area contributed by atoms with Crippen molar-refractivity contribution in [2.75, 3.05) is 12.4 Å². The van der Waals surface area contributed by atoms with E-state index in [2.05, 4.69) is 42.5 Å². The fraction of sp³-hybridized carbons (Fsp3) is 0.182. The van der Waals surface area contributed by atoms with E-state index in [-0.39, 0.29) is 0 Å². The number of nitrogens with one attached hydrogen (secondary N) is 1. The summed E-state index contributed by atoms with van der Waals surface area (Å²) in [6.07, 6.45) is 1.84. The SMILES string of the molecule is COc1ccccc1-c1cnn2c(Nc3cc(C)cc(C)c3)cc(C)nc12. The molecule has 0 fully saturated rings. The molecule has 5 heteroatoms. The number of benzene rings is 2. The normalized spacial score (nSPS) is 11.0. The van der Waals surface area contributed by atoms with Crippen LogP contribution in [0.5, 0.6) is 5.75 Å². The Balaban J connectivity index is 1.85. The van der Waals surface area contributed by atoms with E-state index in [0.29, 0.717) is 0 Å². The number of methoxy groups -OCH3 is 1. The minimum Gasteiger partial charge on any atom is -0.496 e. The van der Waals surface area contributed by atoms with Crippen LogP contribution in [0, 0.1) is 20.8 Å². The number of para-hydroxylation sites is 1. The second kappa shape index (κ2) is 6.76. The van der Waals surface area contributed by atoms with Crippen molar-refractivity contribution < 1.29 is 4.74 Å². The largest absolute Gasteiger partial charge is 0.496 e. The third-order valence-corrected chi connectivity index (χ3v) is 4.49. The predicted molar refractivity (Wildman–Crippen MR) is 109 cm³/mol. The monoisotopic (exact) mass is 358 g/mol. The van der Waals surface area contributed by atoms with Gasteiger partial charge in [-0.3, -0.25) is 0 Å². The van der Waals surface area contributed by atoms with Crippen LogP contribution in [0.15, 0.2) is 54.7 Å². The molecule has 0 amide bonds. The fourth-order valence-corrected chi connectivity index (χ4v) is 3.43. The Kier molecular flexibility index (Phi) is 4.28. The molecule has 27 heavy (non-hydrogen) atoms. The van der Waals surface area contributed by atoms with Gasteiger partial charge in [0.05, 0.1) is 18.9 Å². The number of aryl methyl sites for hydroxylation is 3. The first-order valence-electron chi connectivity index (χ1n) is 8.89. The lowest BCUT2D eigenvalue weighted by Crippen LogP contribution is -2.03. The van der Waals surface area contributed by atoms with Gasteiger partial charge < -0.3 is 10.1 Å². The minimum absolute atomic E-state index is 0.798. The summed E-state index contributed by atoms with van der Waals surface area (Å²) >= 11 is 0. The van der Waals surface area contributed by atoms with Crippen LogP contribution in [0.2, 0.25) is 0 Å². The average molecular weight is 358 g/mol. The molecule has 0 radical (unpaired) electrons. The number of aromatic nitrogens is 3. The maximum atomic E-state index is 5.52. The van der Waals surface area contributed by atoms with Crippen LogP contribution in [-0.4, -0.2) is 21.7 Å². The highest BCUT2D eigenvalue weighted by Gasteiger charge is 2.15. The van der Waals surface area contributed by atoms with Crippen LogP contribution < -0.4 is 10.1 Å². The van der Waals surface area contributed by atoms with Crippen LogP contribution in [0.4, 0.5) is 11.5 Å². The zero-order chi connectivity index (χ0) is 19.0. The van der Waals surface area contributed by atoms with Crippen molar-refractivity contribution in [3.05, 3.63) is 71.5 Å². The molecule has 0 saturated carbocycles. The molecule has 2 aromatic carbocycles.